The molecule has 0 aromatic heterocycles. The van der Waals surface area contributed by atoms with Crippen LogP contribution in [-0.4, -0.2) is 74.6 Å². The van der Waals surface area contributed by atoms with Gasteiger partial charge in [0.25, 0.3) is 11.8 Å². The molecule has 1 aliphatic rings. The Bertz CT molecular complexity index is 1010. The number of likely N-dealkylation sites (N-methyl/N-ethyl adjacent to an activating group) is 1. The fourth-order valence-corrected chi connectivity index (χ4v) is 4.69. The van der Waals surface area contributed by atoms with Crippen LogP contribution in [0.4, 0.5) is 5.69 Å². The van der Waals surface area contributed by atoms with E-state index in [2.05, 4.69) is 17.4 Å². The van der Waals surface area contributed by atoms with Gasteiger partial charge >= 0.3 is 5.97 Å². The highest BCUT2D eigenvalue weighted by Crippen LogP contribution is 2.32. The van der Waals surface area contributed by atoms with E-state index in [1.54, 1.807) is 31.1 Å². The summed E-state index contributed by atoms with van der Waals surface area (Å²) in [4.78, 5) is 39.8. The molecule has 2 aromatic carbocycles. The summed E-state index contributed by atoms with van der Waals surface area (Å²) in [5, 5.41) is 2.94. The van der Waals surface area contributed by atoms with E-state index in [0.29, 0.717) is 22.3 Å². The number of ether oxygens (including phenoxy) is 1. The minimum absolute atomic E-state index is 0.00246. The smallest absolute Gasteiger partial charge is 0.339 e. The maximum atomic E-state index is 13.3. The van der Waals surface area contributed by atoms with Crippen LogP contribution >= 0.6 is 0 Å². The number of nitrogens with one attached hydrogen (secondary N) is 1. The van der Waals surface area contributed by atoms with Gasteiger partial charge in [0, 0.05) is 20.0 Å². The lowest BCUT2D eigenvalue weighted by Crippen LogP contribution is -2.60. The molecule has 1 fully saturated rings. The van der Waals surface area contributed by atoms with E-state index in [9.17, 15) is 14.4 Å². The van der Waals surface area contributed by atoms with Crippen molar-refractivity contribution in [2.24, 2.45) is 0 Å². The highest BCUT2D eigenvalue weighted by atomic mass is 16.5. The fourth-order valence-electron chi connectivity index (χ4n) is 4.69. The Morgan fingerprint density at radius 3 is 2.45 bits per heavy atom. The Labute approximate surface area is 195 Å². The van der Waals surface area contributed by atoms with Crippen LogP contribution in [0.15, 0.2) is 48.5 Å². The SMILES string of the molecule is COC(=O)c1cccc(C)c1NC(=O)C[N+]1(CC(=O)N(C)C)CCCC(c2ccccc2)C1. The Morgan fingerprint density at radius 2 is 1.79 bits per heavy atom. The summed E-state index contributed by atoms with van der Waals surface area (Å²) in [6.45, 7) is 3.75. The third kappa shape index (κ3) is 5.99. The number of nitrogens with zero attached hydrogens (tertiary/aromatic N) is 2. The van der Waals surface area contributed by atoms with Gasteiger partial charge in [0.15, 0.2) is 13.1 Å². The highest BCUT2D eigenvalue weighted by Gasteiger charge is 2.40. The normalized spacial score (nSPS) is 20.1. The van der Waals surface area contributed by atoms with Crippen LogP contribution in [-0.2, 0) is 14.3 Å². The molecule has 0 aliphatic carbocycles. The van der Waals surface area contributed by atoms with Gasteiger partial charge in [-0.2, -0.15) is 0 Å². The predicted molar refractivity (Wildman–Crippen MR) is 128 cm³/mol. The van der Waals surface area contributed by atoms with Gasteiger partial charge in [0.05, 0.1) is 31.5 Å². The molecule has 2 aromatic rings. The van der Waals surface area contributed by atoms with Crippen molar-refractivity contribution in [2.75, 3.05) is 52.7 Å². The van der Waals surface area contributed by atoms with Crippen LogP contribution < -0.4 is 5.32 Å². The number of amides is 2. The topological polar surface area (TPSA) is 75.7 Å². The number of piperidine rings is 1. The van der Waals surface area contributed by atoms with Crippen LogP contribution in [0.5, 0.6) is 0 Å². The van der Waals surface area contributed by atoms with Crippen LogP contribution in [0, 0.1) is 6.92 Å². The predicted octanol–water partition coefficient (Wildman–Crippen LogP) is 3.20. The number of carbonyl (C=O) groups is 3. The first kappa shape index (κ1) is 24.5. The van der Waals surface area contributed by atoms with Crippen LogP contribution in [0.25, 0.3) is 0 Å². The number of hydrogen-bond acceptors (Lipinski definition) is 4. The lowest BCUT2D eigenvalue weighted by molar-refractivity contribution is -0.919. The Morgan fingerprint density at radius 1 is 1.06 bits per heavy atom. The van der Waals surface area contributed by atoms with Crippen molar-refractivity contribution in [2.45, 2.75) is 25.7 Å². The summed E-state index contributed by atoms with van der Waals surface area (Å²) in [6, 6.07) is 15.5. The van der Waals surface area contributed by atoms with Crippen molar-refractivity contribution >= 4 is 23.5 Å². The van der Waals surface area contributed by atoms with Crippen molar-refractivity contribution in [1.82, 2.24) is 4.90 Å². The third-order valence-corrected chi connectivity index (χ3v) is 6.45. The second-order valence-electron chi connectivity index (χ2n) is 9.14. The molecule has 1 aliphatic heterocycles. The first-order valence-corrected chi connectivity index (χ1v) is 11.3. The quantitative estimate of drug-likeness (QED) is 0.517. The van der Waals surface area contributed by atoms with Crippen LogP contribution in [0.2, 0.25) is 0 Å². The molecule has 1 saturated heterocycles. The highest BCUT2D eigenvalue weighted by molar-refractivity contribution is 6.02. The lowest BCUT2D eigenvalue weighted by atomic mass is 9.88. The van der Waals surface area contributed by atoms with Gasteiger partial charge in [0.1, 0.15) is 0 Å². The standard InChI is InChI=1S/C26H33N3O4/c1-19-10-8-14-22(26(32)33-4)25(19)27-23(30)17-29(18-24(31)28(2)3)15-9-13-21(16-29)20-11-6-5-7-12-20/h5-8,10-12,14,21H,9,13,15-18H2,1-4H3/p+1. The number of methoxy groups -OCH3 is 1. The third-order valence-electron chi connectivity index (χ3n) is 6.45. The van der Waals surface area contributed by atoms with E-state index < -0.39 is 5.97 Å². The molecule has 3 rings (SSSR count). The van der Waals surface area contributed by atoms with E-state index >= 15 is 0 Å². The number of likely N-dealkylation sites (tertiary alicyclic amines) is 1. The van der Waals surface area contributed by atoms with Crippen molar-refractivity contribution in [3.63, 3.8) is 0 Å². The second-order valence-corrected chi connectivity index (χ2v) is 9.14. The molecule has 33 heavy (non-hydrogen) atoms. The summed E-state index contributed by atoms with van der Waals surface area (Å²) < 4.78 is 5.27. The number of quaternary nitrogens is 1. The zero-order chi connectivity index (χ0) is 24.0. The van der Waals surface area contributed by atoms with E-state index in [-0.39, 0.29) is 30.8 Å². The average Bonchev–Trinajstić information content (AvgIpc) is 2.80. The molecule has 0 bridgehead atoms. The number of para-hydroxylation sites is 1. The molecule has 2 unspecified atom stereocenters. The summed E-state index contributed by atoms with van der Waals surface area (Å²) >= 11 is 0. The first-order valence-electron chi connectivity index (χ1n) is 11.3. The van der Waals surface area contributed by atoms with Crippen LogP contribution in [0.3, 0.4) is 0 Å². The summed E-state index contributed by atoms with van der Waals surface area (Å²) in [7, 11) is 4.81. The maximum Gasteiger partial charge on any atom is 0.339 e. The van der Waals surface area contributed by atoms with Crippen molar-refractivity contribution in [3.8, 4) is 0 Å². The molecule has 176 valence electrons. The number of benzene rings is 2. The van der Waals surface area contributed by atoms with Gasteiger partial charge in [0.2, 0.25) is 0 Å². The van der Waals surface area contributed by atoms with Gasteiger partial charge in [-0.25, -0.2) is 4.79 Å². The maximum absolute atomic E-state index is 13.3. The molecule has 7 nitrogen and oxygen atoms in total. The second kappa shape index (κ2) is 10.6. The zero-order valence-corrected chi connectivity index (χ0v) is 20.0. The molecule has 1 heterocycles. The summed E-state index contributed by atoms with van der Waals surface area (Å²) in [5.74, 6) is -0.424. The molecular formula is C26H34N3O4+. The minimum Gasteiger partial charge on any atom is -0.465 e. The fraction of sp³-hybridized carbons (Fsp3) is 0.423. The molecule has 0 spiro atoms. The number of rotatable bonds is 7. The van der Waals surface area contributed by atoms with Crippen molar-refractivity contribution in [3.05, 3.63) is 65.2 Å². The minimum atomic E-state index is -0.497. The average molecular weight is 453 g/mol. The van der Waals surface area contributed by atoms with E-state index in [1.807, 2.05) is 31.2 Å². The molecule has 0 radical (unpaired) electrons. The van der Waals surface area contributed by atoms with E-state index in [1.165, 1.54) is 12.7 Å². The summed E-state index contributed by atoms with van der Waals surface area (Å²) in [6.07, 6.45) is 1.97. The van der Waals surface area contributed by atoms with Crippen molar-refractivity contribution in [1.29, 1.82) is 0 Å². The Kier molecular flexibility index (Phi) is 7.87. The molecule has 2 amide bonds. The zero-order valence-electron chi connectivity index (χ0n) is 20.0. The molecule has 0 saturated carbocycles. The van der Waals surface area contributed by atoms with Gasteiger partial charge in [-0.3, -0.25) is 9.59 Å². The number of carbonyl (C=O) groups excluding carboxylic acids is 3. The van der Waals surface area contributed by atoms with E-state index in [4.69, 9.17) is 4.74 Å². The number of anilines is 1. The van der Waals surface area contributed by atoms with Gasteiger partial charge in [-0.15, -0.1) is 0 Å². The number of aryl methyl sites for hydroxylation is 1. The first-order chi connectivity index (χ1) is 15.7. The molecule has 7 heteroatoms. The number of esters is 1. The Balaban J connectivity index is 1.86. The van der Waals surface area contributed by atoms with Gasteiger partial charge < -0.3 is 19.4 Å². The van der Waals surface area contributed by atoms with Gasteiger partial charge in [-0.1, -0.05) is 42.5 Å². The largest absolute Gasteiger partial charge is 0.465 e. The van der Waals surface area contributed by atoms with E-state index in [0.717, 1.165) is 24.9 Å². The number of hydrogen-bond donors (Lipinski definition) is 1. The molecule has 2 atom stereocenters. The molecule has 1 N–H and O–H groups in total. The van der Waals surface area contributed by atoms with Gasteiger partial charge in [-0.05, 0) is 37.0 Å². The summed E-state index contributed by atoms with van der Waals surface area (Å²) in [5.41, 5.74) is 2.80. The lowest BCUT2D eigenvalue weighted by Gasteiger charge is -2.44. The Hall–Kier alpha value is -3.19. The van der Waals surface area contributed by atoms with Crippen molar-refractivity contribution < 1.29 is 23.6 Å². The van der Waals surface area contributed by atoms with Crippen LogP contribution in [0.1, 0.15) is 40.2 Å². The monoisotopic (exact) mass is 452 g/mol. The molecular weight excluding hydrogens is 418 g/mol.